The van der Waals surface area contributed by atoms with Crippen molar-refractivity contribution in [2.75, 3.05) is 25.5 Å². The fourth-order valence-corrected chi connectivity index (χ4v) is 2.03. The van der Waals surface area contributed by atoms with Crippen molar-refractivity contribution in [1.82, 2.24) is 15.3 Å². The Kier molecular flexibility index (Phi) is 7.43. The number of nitrogens with zero attached hydrogens (tertiary/aromatic N) is 2. The van der Waals surface area contributed by atoms with E-state index in [4.69, 9.17) is 0 Å². The van der Waals surface area contributed by atoms with Gasteiger partial charge in [0.1, 0.15) is 11.6 Å². The minimum Gasteiger partial charge on any atom is -0.373 e. The number of nitrogens with one attached hydrogen (secondary N) is 2. The number of piperidine rings is 1. The van der Waals surface area contributed by atoms with Crippen molar-refractivity contribution < 1.29 is 0 Å². The summed E-state index contributed by atoms with van der Waals surface area (Å²) < 4.78 is 0. The predicted octanol–water partition coefficient (Wildman–Crippen LogP) is 2.14. The summed E-state index contributed by atoms with van der Waals surface area (Å²) >= 11 is 0. The third-order valence-electron chi connectivity index (χ3n) is 2.83. The van der Waals surface area contributed by atoms with Crippen LogP contribution in [0.3, 0.4) is 0 Å². The van der Waals surface area contributed by atoms with Gasteiger partial charge in [0.05, 0.1) is 5.69 Å². The second-order valence-electron chi connectivity index (χ2n) is 4.02. The number of hydrogen-bond acceptors (Lipinski definition) is 4. The minimum absolute atomic E-state index is 0. The topological polar surface area (TPSA) is 49.8 Å². The molecule has 0 saturated carbocycles. The fraction of sp³-hybridized carbons (Fsp3) is 0.636. The summed E-state index contributed by atoms with van der Waals surface area (Å²) in [6.07, 6.45) is 2.47. The lowest BCUT2D eigenvalue weighted by molar-refractivity contribution is 0.453. The van der Waals surface area contributed by atoms with Crippen LogP contribution in [0.15, 0.2) is 6.07 Å². The highest BCUT2D eigenvalue weighted by Crippen LogP contribution is 2.22. The molecule has 1 unspecified atom stereocenters. The Bertz CT molecular complexity index is 340. The van der Waals surface area contributed by atoms with Crippen LogP contribution < -0.4 is 10.6 Å². The van der Waals surface area contributed by atoms with Crippen LogP contribution in [-0.2, 0) is 0 Å². The fourth-order valence-electron chi connectivity index (χ4n) is 2.03. The quantitative estimate of drug-likeness (QED) is 0.871. The zero-order valence-corrected chi connectivity index (χ0v) is 11.8. The summed E-state index contributed by atoms with van der Waals surface area (Å²) in [5, 5.41) is 6.49. The molecule has 1 atom stereocenters. The first-order valence-electron chi connectivity index (χ1n) is 5.53. The van der Waals surface area contributed by atoms with Gasteiger partial charge in [-0.2, -0.15) is 0 Å². The molecule has 6 heteroatoms. The van der Waals surface area contributed by atoms with Gasteiger partial charge >= 0.3 is 0 Å². The molecule has 0 aromatic carbocycles. The van der Waals surface area contributed by atoms with Crippen LogP contribution in [-0.4, -0.2) is 30.1 Å². The van der Waals surface area contributed by atoms with E-state index in [1.54, 1.807) is 0 Å². The maximum absolute atomic E-state index is 4.51. The monoisotopic (exact) mass is 278 g/mol. The van der Waals surface area contributed by atoms with Crippen LogP contribution >= 0.6 is 24.8 Å². The van der Waals surface area contributed by atoms with Gasteiger partial charge in [0, 0.05) is 25.6 Å². The van der Waals surface area contributed by atoms with Gasteiger partial charge in [-0.25, -0.2) is 9.97 Å². The molecular weight excluding hydrogens is 259 g/mol. The first kappa shape index (κ1) is 16.4. The van der Waals surface area contributed by atoms with E-state index >= 15 is 0 Å². The van der Waals surface area contributed by atoms with E-state index in [1.807, 2.05) is 14.0 Å². The molecule has 0 radical (unpaired) electrons. The van der Waals surface area contributed by atoms with E-state index < -0.39 is 0 Å². The van der Waals surface area contributed by atoms with Crippen molar-refractivity contribution in [3.63, 3.8) is 0 Å². The van der Waals surface area contributed by atoms with Gasteiger partial charge in [-0.3, -0.25) is 0 Å². The van der Waals surface area contributed by atoms with Gasteiger partial charge in [0.2, 0.25) is 0 Å². The molecule has 0 spiro atoms. The van der Waals surface area contributed by atoms with Gasteiger partial charge in [0.15, 0.2) is 0 Å². The lowest BCUT2D eigenvalue weighted by Crippen LogP contribution is -2.29. The van der Waals surface area contributed by atoms with Gasteiger partial charge in [-0.05, 0) is 26.3 Å². The zero-order valence-electron chi connectivity index (χ0n) is 10.2. The van der Waals surface area contributed by atoms with E-state index in [1.165, 1.54) is 18.5 Å². The molecule has 0 bridgehead atoms. The molecule has 1 aromatic heterocycles. The van der Waals surface area contributed by atoms with Crippen molar-refractivity contribution in [3.8, 4) is 0 Å². The van der Waals surface area contributed by atoms with Gasteiger partial charge in [0.25, 0.3) is 0 Å². The smallest absolute Gasteiger partial charge is 0.129 e. The standard InChI is InChI=1S/C11H18N4.2ClH/c1-8-14-10(6-11(12-2)15-8)9-4-3-5-13-7-9;;/h6,9,13H,3-5,7H2,1-2H3,(H,12,14,15);2*1H. The highest BCUT2D eigenvalue weighted by atomic mass is 35.5. The number of aromatic nitrogens is 2. The summed E-state index contributed by atoms with van der Waals surface area (Å²) in [6.45, 7) is 4.12. The van der Waals surface area contributed by atoms with Crippen molar-refractivity contribution in [3.05, 3.63) is 17.6 Å². The van der Waals surface area contributed by atoms with Crippen LogP contribution in [0, 0.1) is 6.92 Å². The molecule has 1 aliphatic rings. The van der Waals surface area contributed by atoms with Gasteiger partial charge < -0.3 is 10.6 Å². The van der Waals surface area contributed by atoms with Crippen molar-refractivity contribution >= 4 is 30.6 Å². The highest BCUT2D eigenvalue weighted by Gasteiger charge is 2.17. The molecule has 17 heavy (non-hydrogen) atoms. The first-order chi connectivity index (χ1) is 7.29. The van der Waals surface area contributed by atoms with E-state index in [0.717, 1.165) is 24.7 Å². The van der Waals surface area contributed by atoms with Gasteiger partial charge in [-0.1, -0.05) is 0 Å². The summed E-state index contributed by atoms with van der Waals surface area (Å²) in [5.74, 6) is 2.32. The molecule has 4 nitrogen and oxygen atoms in total. The lowest BCUT2D eigenvalue weighted by atomic mass is 9.96. The summed E-state index contributed by atoms with van der Waals surface area (Å²) in [5.41, 5.74) is 1.17. The van der Waals surface area contributed by atoms with Crippen LogP contribution in [0.5, 0.6) is 0 Å². The Labute approximate surface area is 115 Å². The second-order valence-corrected chi connectivity index (χ2v) is 4.02. The largest absolute Gasteiger partial charge is 0.373 e. The average molecular weight is 279 g/mol. The number of aryl methyl sites for hydroxylation is 1. The van der Waals surface area contributed by atoms with Crippen molar-refractivity contribution in [2.45, 2.75) is 25.7 Å². The molecule has 2 heterocycles. The zero-order chi connectivity index (χ0) is 10.7. The number of hydrogen-bond donors (Lipinski definition) is 2. The number of halogens is 2. The van der Waals surface area contributed by atoms with E-state index in [0.29, 0.717) is 5.92 Å². The van der Waals surface area contributed by atoms with Crippen LogP contribution in [0.2, 0.25) is 0 Å². The Morgan fingerprint density at radius 1 is 1.35 bits per heavy atom. The van der Waals surface area contributed by atoms with E-state index in [9.17, 15) is 0 Å². The average Bonchev–Trinajstić information content (AvgIpc) is 2.29. The molecule has 2 rings (SSSR count). The summed E-state index contributed by atoms with van der Waals surface area (Å²) in [4.78, 5) is 8.82. The molecule has 1 saturated heterocycles. The minimum atomic E-state index is 0. The van der Waals surface area contributed by atoms with E-state index in [2.05, 4.69) is 26.7 Å². The maximum atomic E-state index is 4.51. The molecule has 1 aromatic rings. The molecule has 0 amide bonds. The summed E-state index contributed by atoms with van der Waals surface area (Å²) in [6, 6.07) is 2.06. The van der Waals surface area contributed by atoms with E-state index in [-0.39, 0.29) is 24.8 Å². The Morgan fingerprint density at radius 3 is 2.71 bits per heavy atom. The van der Waals surface area contributed by atoms with Crippen LogP contribution in [0.25, 0.3) is 0 Å². The Hall–Kier alpha value is -0.580. The number of anilines is 1. The number of rotatable bonds is 2. The molecule has 1 fully saturated rings. The first-order valence-corrected chi connectivity index (χ1v) is 5.53. The molecule has 98 valence electrons. The molecule has 2 N–H and O–H groups in total. The third kappa shape index (κ3) is 4.30. The predicted molar refractivity (Wildman–Crippen MR) is 75.7 cm³/mol. The molecular formula is C11H20Cl2N4. The SMILES string of the molecule is CNc1cc(C2CCCNC2)nc(C)n1.Cl.Cl. The molecule has 1 aliphatic heterocycles. The maximum Gasteiger partial charge on any atom is 0.129 e. The highest BCUT2D eigenvalue weighted by molar-refractivity contribution is 5.85. The molecule has 0 aliphatic carbocycles. The van der Waals surface area contributed by atoms with Crippen LogP contribution in [0.4, 0.5) is 5.82 Å². The lowest BCUT2D eigenvalue weighted by Gasteiger charge is -2.22. The van der Waals surface area contributed by atoms with Crippen molar-refractivity contribution in [2.24, 2.45) is 0 Å². The second kappa shape index (κ2) is 7.69. The normalized spacial score (nSPS) is 18.8. The summed E-state index contributed by atoms with van der Waals surface area (Å²) in [7, 11) is 1.89. The van der Waals surface area contributed by atoms with Gasteiger partial charge in [-0.15, -0.1) is 24.8 Å². The third-order valence-corrected chi connectivity index (χ3v) is 2.83. The Morgan fingerprint density at radius 2 is 2.12 bits per heavy atom. The van der Waals surface area contributed by atoms with Crippen molar-refractivity contribution in [1.29, 1.82) is 0 Å². The Balaban J connectivity index is 0.00000128. The van der Waals surface area contributed by atoms with Crippen LogP contribution in [0.1, 0.15) is 30.3 Å².